The first-order chi connectivity index (χ1) is 9.28. The lowest BCUT2D eigenvalue weighted by molar-refractivity contribution is -0.0336. The summed E-state index contributed by atoms with van der Waals surface area (Å²) in [6.07, 6.45) is 1.91. The highest BCUT2D eigenvalue weighted by Gasteiger charge is 2.21. The van der Waals surface area contributed by atoms with E-state index in [0.29, 0.717) is 12.5 Å². The average Bonchev–Trinajstić information content (AvgIpc) is 2.76. The number of imidazole rings is 1. The third-order valence-corrected chi connectivity index (χ3v) is 3.59. The molecule has 6 nitrogen and oxygen atoms in total. The number of anilines is 1. The van der Waals surface area contributed by atoms with Crippen LogP contribution in [-0.4, -0.2) is 51.8 Å². The van der Waals surface area contributed by atoms with Crippen LogP contribution in [0.5, 0.6) is 0 Å². The molecule has 0 radical (unpaired) electrons. The third kappa shape index (κ3) is 2.41. The van der Waals surface area contributed by atoms with E-state index in [4.69, 9.17) is 10.5 Å². The first kappa shape index (κ1) is 12.4. The minimum atomic E-state index is 0.149. The second-order valence-electron chi connectivity index (χ2n) is 4.81. The molecular formula is C13H19N5O. The Kier molecular flexibility index (Phi) is 3.35. The molecule has 19 heavy (non-hydrogen) atoms. The van der Waals surface area contributed by atoms with Crippen LogP contribution in [0, 0.1) is 0 Å². The molecule has 1 unspecified atom stereocenters. The number of likely N-dealkylation sites (N-methyl/N-ethyl adjacent to an activating group) is 1. The number of aromatic nitrogens is 3. The zero-order valence-electron chi connectivity index (χ0n) is 11.1. The van der Waals surface area contributed by atoms with E-state index in [9.17, 15) is 0 Å². The highest BCUT2D eigenvalue weighted by molar-refractivity contribution is 5.73. The van der Waals surface area contributed by atoms with Crippen molar-refractivity contribution in [3.05, 3.63) is 18.3 Å². The Hall–Kier alpha value is -1.66. The van der Waals surface area contributed by atoms with E-state index in [2.05, 4.69) is 21.8 Å². The topological polar surface area (TPSA) is 69.2 Å². The molecule has 2 N–H and O–H groups in total. The van der Waals surface area contributed by atoms with Crippen LogP contribution in [0.4, 0.5) is 5.95 Å². The lowest BCUT2D eigenvalue weighted by atomic mass is 10.2. The van der Waals surface area contributed by atoms with Gasteiger partial charge < -0.3 is 10.5 Å². The number of pyridine rings is 1. The molecule has 0 saturated carbocycles. The van der Waals surface area contributed by atoms with Crippen molar-refractivity contribution in [3.8, 4) is 0 Å². The van der Waals surface area contributed by atoms with Gasteiger partial charge in [0.15, 0.2) is 5.65 Å². The number of hydrogen-bond acceptors (Lipinski definition) is 5. The fourth-order valence-corrected chi connectivity index (χ4v) is 2.54. The molecule has 3 rings (SSSR count). The SMILES string of the molecule is CCN1CCOC(Cn2c(N)nc3cccnc32)C1. The summed E-state index contributed by atoms with van der Waals surface area (Å²) in [5, 5.41) is 0. The van der Waals surface area contributed by atoms with Crippen LogP contribution in [-0.2, 0) is 11.3 Å². The number of nitrogens with zero attached hydrogens (tertiary/aromatic N) is 4. The molecule has 102 valence electrons. The summed E-state index contributed by atoms with van der Waals surface area (Å²) >= 11 is 0. The standard InChI is InChI=1S/C13H19N5O/c1-2-17-6-7-19-10(8-17)9-18-12-11(16-13(18)14)4-3-5-15-12/h3-5,10H,2,6-9H2,1H3,(H2,14,16). The van der Waals surface area contributed by atoms with E-state index in [0.717, 1.165) is 37.4 Å². The maximum atomic E-state index is 5.98. The van der Waals surface area contributed by atoms with E-state index >= 15 is 0 Å². The molecule has 0 bridgehead atoms. The van der Waals surface area contributed by atoms with Crippen molar-refractivity contribution in [2.45, 2.75) is 19.6 Å². The molecule has 1 saturated heterocycles. The van der Waals surface area contributed by atoms with Gasteiger partial charge in [0.2, 0.25) is 5.95 Å². The number of nitrogen functional groups attached to an aromatic ring is 1. The van der Waals surface area contributed by atoms with Crippen LogP contribution >= 0.6 is 0 Å². The van der Waals surface area contributed by atoms with Crippen molar-refractivity contribution in [1.29, 1.82) is 0 Å². The third-order valence-electron chi connectivity index (χ3n) is 3.59. The molecule has 3 heterocycles. The van der Waals surface area contributed by atoms with Crippen LogP contribution < -0.4 is 5.73 Å². The van der Waals surface area contributed by atoms with E-state index in [1.807, 2.05) is 16.7 Å². The lowest BCUT2D eigenvalue weighted by Crippen LogP contribution is -2.44. The number of ether oxygens (including phenoxy) is 1. The van der Waals surface area contributed by atoms with E-state index in [1.165, 1.54) is 0 Å². The number of hydrogen-bond donors (Lipinski definition) is 1. The Balaban J connectivity index is 1.83. The predicted octanol–water partition coefficient (Wildman–Crippen LogP) is 0.734. The van der Waals surface area contributed by atoms with Gasteiger partial charge in [0.1, 0.15) is 5.52 Å². The van der Waals surface area contributed by atoms with Crippen LogP contribution in [0.3, 0.4) is 0 Å². The summed E-state index contributed by atoms with van der Waals surface area (Å²) in [5.41, 5.74) is 7.65. The summed E-state index contributed by atoms with van der Waals surface area (Å²) < 4.78 is 7.76. The number of fused-ring (bicyclic) bond motifs is 1. The summed E-state index contributed by atoms with van der Waals surface area (Å²) in [5.74, 6) is 0.505. The fraction of sp³-hybridized carbons (Fsp3) is 0.538. The maximum absolute atomic E-state index is 5.98. The van der Waals surface area contributed by atoms with Crippen molar-refractivity contribution < 1.29 is 4.74 Å². The van der Waals surface area contributed by atoms with E-state index < -0.39 is 0 Å². The second kappa shape index (κ2) is 5.14. The predicted molar refractivity (Wildman–Crippen MR) is 73.8 cm³/mol. The van der Waals surface area contributed by atoms with Crippen LogP contribution in [0.1, 0.15) is 6.92 Å². The Morgan fingerprint density at radius 2 is 2.42 bits per heavy atom. The molecule has 1 aliphatic rings. The largest absolute Gasteiger partial charge is 0.374 e. The van der Waals surface area contributed by atoms with Crippen molar-refractivity contribution in [2.24, 2.45) is 0 Å². The van der Waals surface area contributed by atoms with Gasteiger partial charge in [0.05, 0.1) is 19.3 Å². The highest BCUT2D eigenvalue weighted by atomic mass is 16.5. The van der Waals surface area contributed by atoms with E-state index in [1.54, 1.807) is 6.20 Å². The van der Waals surface area contributed by atoms with Gasteiger partial charge in [-0.3, -0.25) is 9.47 Å². The highest BCUT2D eigenvalue weighted by Crippen LogP contribution is 2.17. The smallest absolute Gasteiger partial charge is 0.202 e. The normalized spacial score (nSPS) is 21.0. The van der Waals surface area contributed by atoms with Crippen molar-refractivity contribution >= 4 is 17.1 Å². The van der Waals surface area contributed by atoms with Gasteiger partial charge >= 0.3 is 0 Å². The Morgan fingerprint density at radius 1 is 1.53 bits per heavy atom. The van der Waals surface area contributed by atoms with Gasteiger partial charge in [-0.05, 0) is 18.7 Å². The van der Waals surface area contributed by atoms with Gasteiger partial charge in [0, 0.05) is 19.3 Å². The lowest BCUT2D eigenvalue weighted by Gasteiger charge is -2.32. The fourth-order valence-electron chi connectivity index (χ4n) is 2.54. The molecule has 1 aliphatic heterocycles. The quantitative estimate of drug-likeness (QED) is 0.882. The molecule has 0 aliphatic carbocycles. The Morgan fingerprint density at radius 3 is 3.26 bits per heavy atom. The first-order valence-corrected chi connectivity index (χ1v) is 6.68. The summed E-state index contributed by atoms with van der Waals surface area (Å²) in [6, 6.07) is 3.80. The Labute approximate surface area is 112 Å². The molecule has 0 amide bonds. The second-order valence-corrected chi connectivity index (χ2v) is 4.81. The van der Waals surface area contributed by atoms with Crippen LogP contribution in [0.15, 0.2) is 18.3 Å². The van der Waals surface area contributed by atoms with Gasteiger partial charge in [-0.2, -0.15) is 0 Å². The summed E-state index contributed by atoms with van der Waals surface area (Å²) in [7, 11) is 0. The maximum Gasteiger partial charge on any atom is 0.202 e. The van der Waals surface area contributed by atoms with Gasteiger partial charge in [-0.1, -0.05) is 6.92 Å². The molecule has 2 aromatic rings. The van der Waals surface area contributed by atoms with Crippen molar-refractivity contribution in [3.63, 3.8) is 0 Å². The minimum absolute atomic E-state index is 0.149. The Bertz CT molecular complexity index is 567. The summed E-state index contributed by atoms with van der Waals surface area (Å²) in [6.45, 7) is 6.64. The molecule has 0 aromatic carbocycles. The van der Waals surface area contributed by atoms with Crippen molar-refractivity contribution in [1.82, 2.24) is 19.4 Å². The minimum Gasteiger partial charge on any atom is -0.374 e. The number of nitrogens with two attached hydrogens (primary N) is 1. The van der Waals surface area contributed by atoms with Crippen LogP contribution in [0.25, 0.3) is 11.2 Å². The average molecular weight is 261 g/mol. The molecule has 1 fully saturated rings. The van der Waals surface area contributed by atoms with E-state index in [-0.39, 0.29) is 6.10 Å². The number of morpholine rings is 1. The van der Waals surface area contributed by atoms with Gasteiger partial charge in [-0.25, -0.2) is 9.97 Å². The number of rotatable bonds is 3. The summed E-state index contributed by atoms with van der Waals surface area (Å²) in [4.78, 5) is 11.1. The first-order valence-electron chi connectivity index (χ1n) is 6.68. The zero-order valence-corrected chi connectivity index (χ0v) is 11.1. The molecule has 0 spiro atoms. The monoisotopic (exact) mass is 261 g/mol. The van der Waals surface area contributed by atoms with Gasteiger partial charge in [-0.15, -0.1) is 0 Å². The zero-order chi connectivity index (χ0) is 13.2. The van der Waals surface area contributed by atoms with Crippen LogP contribution in [0.2, 0.25) is 0 Å². The van der Waals surface area contributed by atoms with Gasteiger partial charge in [0.25, 0.3) is 0 Å². The molecule has 6 heteroatoms. The molecule has 2 aromatic heterocycles. The molecular weight excluding hydrogens is 242 g/mol. The van der Waals surface area contributed by atoms with Crippen molar-refractivity contribution in [2.75, 3.05) is 32.0 Å². The molecule has 1 atom stereocenters.